The predicted octanol–water partition coefficient (Wildman–Crippen LogP) is 2.38. The van der Waals surface area contributed by atoms with Crippen molar-refractivity contribution < 1.29 is 9.47 Å². The number of likely N-dealkylation sites (tertiary alicyclic amines) is 1. The highest BCUT2D eigenvalue weighted by Crippen LogP contribution is 2.35. The molecule has 4 heteroatoms. The Hall–Kier alpha value is -1.10. The van der Waals surface area contributed by atoms with E-state index in [1.807, 2.05) is 0 Å². The second-order valence-corrected chi connectivity index (χ2v) is 7.60. The molecule has 3 aliphatic rings. The van der Waals surface area contributed by atoms with E-state index in [1.54, 1.807) is 0 Å². The Kier molecular flexibility index (Phi) is 4.31. The maximum Gasteiger partial charge on any atom is 0.124 e. The van der Waals surface area contributed by atoms with E-state index >= 15 is 0 Å². The molecule has 1 aromatic rings. The largest absolute Gasteiger partial charge is 0.486 e. The zero-order chi connectivity index (χ0) is 15.7. The van der Waals surface area contributed by atoms with Crippen LogP contribution in [0.25, 0.3) is 0 Å². The summed E-state index contributed by atoms with van der Waals surface area (Å²) >= 11 is 0. The zero-order valence-corrected chi connectivity index (χ0v) is 14.2. The van der Waals surface area contributed by atoms with E-state index in [-0.39, 0.29) is 5.60 Å². The predicted molar refractivity (Wildman–Crippen MR) is 90.7 cm³/mol. The van der Waals surface area contributed by atoms with E-state index in [2.05, 4.69) is 41.1 Å². The standard InChI is InChI=1S/C19H28N2O2/c1-20-9-7-19(8-10-20)15-21(12-16-6-11-22-14-16)13-17-4-2-3-5-18(17)23-19/h2-5,16H,6-15H2,1H3/t16-/m0/s1. The lowest BCUT2D eigenvalue weighted by Gasteiger charge is -2.42. The van der Waals surface area contributed by atoms with Gasteiger partial charge in [-0.3, -0.25) is 4.90 Å². The van der Waals surface area contributed by atoms with Crippen LogP contribution in [0.3, 0.4) is 0 Å². The van der Waals surface area contributed by atoms with Crippen LogP contribution in [0.2, 0.25) is 0 Å². The second kappa shape index (κ2) is 6.42. The van der Waals surface area contributed by atoms with Crippen LogP contribution in [0.15, 0.2) is 24.3 Å². The third-order valence-corrected chi connectivity index (χ3v) is 5.64. The molecule has 0 amide bonds. The highest BCUT2D eigenvalue weighted by Gasteiger charge is 2.40. The van der Waals surface area contributed by atoms with E-state index < -0.39 is 0 Å². The molecule has 3 aliphatic heterocycles. The fraction of sp³-hybridized carbons (Fsp3) is 0.684. The molecule has 0 aliphatic carbocycles. The zero-order valence-electron chi connectivity index (χ0n) is 14.2. The first-order valence-electron chi connectivity index (χ1n) is 8.98. The second-order valence-electron chi connectivity index (χ2n) is 7.60. The summed E-state index contributed by atoms with van der Waals surface area (Å²) in [5.41, 5.74) is 1.32. The normalized spacial score (nSPS) is 28.3. The smallest absolute Gasteiger partial charge is 0.124 e. The minimum absolute atomic E-state index is 0.0153. The summed E-state index contributed by atoms with van der Waals surface area (Å²) < 4.78 is 12.2. The average molecular weight is 316 g/mol. The summed E-state index contributed by atoms with van der Waals surface area (Å²) in [7, 11) is 2.21. The van der Waals surface area contributed by atoms with Gasteiger partial charge in [0.2, 0.25) is 0 Å². The van der Waals surface area contributed by atoms with E-state index in [1.165, 1.54) is 12.0 Å². The van der Waals surface area contributed by atoms with Gasteiger partial charge >= 0.3 is 0 Å². The number of para-hydroxylation sites is 1. The first kappa shape index (κ1) is 15.4. The van der Waals surface area contributed by atoms with Crippen molar-refractivity contribution in [1.82, 2.24) is 9.80 Å². The first-order valence-corrected chi connectivity index (χ1v) is 8.98. The Labute approximate surface area is 139 Å². The highest BCUT2D eigenvalue weighted by atomic mass is 16.5. The van der Waals surface area contributed by atoms with Gasteiger partial charge in [0, 0.05) is 57.7 Å². The van der Waals surface area contributed by atoms with Crippen LogP contribution in [0.5, 0.6) is 5.75 Å². The molecule has 2 saturated heterocycles. The minimum atomic E-state index is -0.0153. The molecule has 1 aromatic carbocycles. The molecular weight excluding hydrogens is 288 g/mol. The van der Waals surface area contributed by atoms with Gasteiger partial charge in [-0.25, -0.2) is 0 Å². The minimum Gasteiger partial charge on any atom is -0.486 e. The fourth-order valence-electron chi connectivity index (χ4n) is 4.21. The molecule has 1 spiro atoms. The van der Waals surface area contributed by atoms with Crippen molar-refractivity contribution in [1.29, 1.82) is 0 Å². The number of fused-ring (bicyclic) bond motifs is 1. The molecule has 23 heavy (non-hydrogen) atoms. The van der Waals surface area contributed by atoms with Crippen molar-refractivity contribution in [3.05, 3.63) is 29.8 Å². The molecule has 4 rings (SSSR count). The number of hydrogen-bond acceptors (Lipinski definition) is 4. The van der Waals surface area contributed by atoms with E-state index in [0.717, 1.165) is 64.5 Å². The summed E-state index contributed by atoms with van der Waals surface area (Å²) in [5.74, 6) is 1.78. The van der Waals surface area contributed by atoms with Crippen molar-refractivity contribution in [2.45, 2.75) is 31.4 Å². The van der Waals surface area contributed by atoms with Crippen LogP contribution in [0.4, 0.5) is 0 Å². The van der Waals surface area contributed by atoms with Gasteiger partial charge in [0.1, 0.15) is 11.4 Å². The summed E-state index contributed by atoms with van der Waals surface area (Å²) in [4.78, 5) is 5.04. The van der Waals surface area contributed by atoms with Gasteiger partial charge in [-0.05, 0) is 25.5 Å². The Balaban J connectivity index is 1.57. The Bertz CT molecular complexity index is 534. The van der Waals surface area contributed by atoms with E-state index in [9.17, 15) is 0 Å². The Morgan fingerprint density at radius 3 is 2.83 bits per heavy atom. The maximum absolute atomic E-state index is 6.63. The Morgan fingerprint density at radius 1 is 1.22 bits per heavy atom. The average Bonchev–Trinajstić information content (AvgIpc) is 2.99. The Morgan fingerprint density at radius 2 is 2.04 bits per heavy atom. The molecule has 0 saturated carbocycles. The maximum atomic E-state index is 6.63. The van der Waals surface area contributed by atoms with Crippen molar-refractivity contribution in [3.8, 4) is 5.75 Å². The number of ether oxygens (including phenoxy) is 2. The molecule has 3 heterocycles. The lowest BCUT2D eigenvalue weighted by Crippen LogP contribution is -2.53. The SMILES string of the molecule is CN1CCC2(CC1)CN(C[C@@H]1CCOC1)Cc1ccccc1O2. The van der Waals surface area contributed by atoms with Crippen LogP contribution in [-0.2, 0) is 11.3 Å². The number of nitrogens with zero attached hydrogens (tertiary/aromatic N) is 2. The molecule has 0 N–H and O–H groups in total. The van der Waals surface area contributed by atoms with Crippen molar-refractivity contribution >= 4 is 0 Å². The van der Waals surface area contributed by atoms with Gasteiger partial charge in [0.05, 0.1) is 6.61 Å². The van der Waals surface area contributed by atoms with Gasteiger partial charge in [-0.1, -0.05) is 18.2 Å². The number of benzene rings is 1. The van der Waals surface area contributed by atoms with Gasteiger partial charge in [0.25, 0.3) is 0 Å². The highest BCUT2D eigenvalue weighted by molar-refractivity contribution is 5.35. The summed E-state index contributed by atoms with van der Waals surface area (Å²) in [5, 5.41) is 0. The molecule has 0 unspecified atom stereocenters. The third kappa shape index (κ3) is 3.39. The van der Waals surface area contributed by atoms with E-state index in [4.69, 9.17) is 9.47 Å². The first-order chi connectivity index (χ1) is 11.2. The molecule has 0 aromatic heterocycles. The fourth-order valence-corrected chi connectivity index (χ4v) is 4.21. The number of piperidine rings is 1. The molecule has 0 bridgehead atoms. The van der Waals surface area contributed by atoms with Crippen LogP contribution < -0.4 is 4.74 Å². The van der Waals surface area contributed by atoms with Gasteiger partial charge in [0.15, 0.2) is 0 Å². The van der Waals surface area contributed by atoms with Crippen molar-refractivity contribution in [3.63, 3.8) is 0 Å². The summed E-state index contributed by atoms with van der Waals surface area (Å²) in [6, 6.07) is 8.60. The van der Waals surface area contributed by atoms with Crippen molar-refractivity contribution in [2.75, 3.05) is 46.4 Å². The molecular formula is C19H28N2O2. The molecule has 0 radical (unpaired) electrons. The number of hydrogen-bond donors (Lipinski definition) is 0. The van der Waals surface area contributed by atoms with Gasteiger partial charge < -0.3 is 14.4 Å². The molecule has 4 nitrogen and oxygen atoms in total. The quantitative estimate of drug-likeness (QED) is 0.836. The number of rotatable bonds is 2. The van der Waals surface area contributed by atoms with Gasteiger partial charge in [-0.2, -0.15) is 0 Å². The summed E-state index contributed by atoms with van der Waals surface area (Å²) in [6.07, 6.45) is 3.44. The monoisotopic (exact) mass is 316 g/mol. The molecule has 1 atom stereocenters. The summed E-state index contributed by atoms with van der Waals surface area (Å²) in [6.45, 7) is 7.30. The van der Waals surface area contributed by atoms with Crippen LogP contribution in [-0.4, -0.2) is 61.8 Å². The van der Waals surface area contributed by atoms with E-state index in [0.29, 0.717) is 5.92 Å². The third-order valence-electron chi connectivity index (χ3n) is 5.64. The van der Waals surface area contributed by atoms with Gasteiger partial charge in [-0.15, -0.1) is 0 Å². The van der Waals surface area contributed by atoms with Crippen LogP contribution >= 0.6 is 0 Å². The van der Waals surface area contributed by atoms with Crippen LogP contribution in [0.1, 0.15) is 24.8 Å². The molecule has 2 fully saturated rings. The lowest BCUT2D eigenvalue weighted by atomic mass is 9.90. The lowest BCUT2D eigenvalue weighted by molar-refractivity contribution is -0.0158. The van der Waals surface area contributed by atoms with Crippen molar-refractivity contribution in [2.24, 2.45) is 5.92 Å². The van der Waals surface area contributed by atoms with Crippen LogP contribution in [0, 0.1) is 5.92 Å². The topological polar surface area (TPSA) is 24.9 Å². The molecule has 126 valence electrons.